The zero-order chi connectivity index (χ0) is 23.3. The van der Waals surface area contributed by atoms with Crippen LogP contribution in [-0.4, -0.2) is 94.1 Å². The Labute approximate surface area is 201 Å². The maximum absolute atomic E-state index is 14.0. The van der Waals surface area contributed by atoms with E-state index in [-0.39, 0.29) is 29.4 Å². The summed E-state index contributed by atoms with van der Waals surface area (Å²) in [5.74, 6) is 0.456. The largest absolute Gasteiger partial charge is 0.379 e. The van der Waals surface area contributed by atoms with Crippen molar-refractivity contribution in [1.29, 1.82) is 0 Å². The van der Waals surface area contributed by atoms with Crippen molar-refractivity contribution >= 4 is 11.8 Å². The Hall–Kier alpha value is -2.03. The molecule has 0 bridgehead atoms. The number of rotatable bonds is 3. The Bertz CT molecular complexity index is 916. The van der Waals surface area contributed by atoms with Gasteiger partial charge in [0.05, 0.1) is 19.3 Å². The Balaban J connectivity index is 1.21. The molecule has 1 spiro atoms. The highest BCUT2D eigenvalue weighted by Crippen LogP contribution is 2.54. The van der Waals surface area contributed by atoms with Crippen molar-refractivity contribution in [2.45, 2.75) is 87.0 Å². The number of ether oxygens (including phenoxy) is 1. The van der Waals surface area contributed by atoms with Crippen LogP contribution in [-0.2, 0) is 14.3 Å². The maximum atomic E-state index is 14.0. The number of nitrogens with two attached hydrogens (primary N) is 1. The third-order valence-electron chi connectivity index (χ3n) is 9.13. The van der Waals surface area contributed by atoms with Gasteiger partial charge in [-0.05, 0) is 63.0 Å². The molecule has 4 aliphatic heterocycles. The summed E-state index contributed by atoms with van der Waals surface area (Å²) in [5, 5.41) is 0. The maximum Gasteiger partial charge on any atom is 0.245 e. The molecule has 4 saturated heterocycles. The van der Waals surface area contributed by atoms with Crippen molar-refractivity contribution in [3.05, 3.63) is 30.1 Å². The molecular formula is C26H37N5O3. The van der Waals surface area contributed by atoms with Gasteiger partial charge in [-0.1, -0.05) is 6.07 Å². The zero-order valence-electron chi connectivity index (χ0n) is 20.0. The van der Waals surface area contributed by atoms with E-state index >= 15 is 0 Å². The molecule has 8 heteroatoms. The minimum atomic E-state index is -0.517. The van der Waals surface area contributed by atoms with Crippen LogP contribution in [0.15, 0.2) is 24.5 Å². The van der Waals surface area contributed by atoms with Gasteiger partial charge in [0, 0.05) is 55.6 Å². The first-order chi connectivity index (χ1) is 16.6. The zero-order valence-corrected chi connectivity index (χ0v) is 20.0. The lowest BCUT2D eigenvalue weighted by Gasteiger charge is -2.42. The Morgan fingerprint density at radius 1 is 1.12 bits per heavy atom. The number of nitrogens with zero attached hydrogens (tertiary/aromatic N) is 4. The van der Waals surface area contributed by atoms with Crippen molar-refractivity contribution in [3.63, 3.8) is 0 Å². The van der Waals surface area contributed by atoms with Crippen molar-refractivity contribution in [3.8, 4) is 0 Å². The predicted molar refractivity (Wildman–Crippen MR) is 127 cm³/mol. The van der Waals surface area contributed by atoms with Crippen LogP contribution in [0.4, 0.5) is 0 Å². The van der Waals surface area contributed by atoms with Crippen molar-refractivity contribution in [1.82, 2.24) is 19.7 Å². The second kappa shape index (κ2) is 8.88. The number of fused-ring (bicyclic) bond motifs is 1. The standard InChI is InChI=1S/C26H37N5O3/c27-22-5-3-20(29-10-12-34-13-11-29)14-21-4-6-23(31(21)24(22)32)25(33)30-17-19(15-26(30)7-8-26)18-2-1-9-28-16-18/h1-2,9,16,19-23H,3-8,10-15,17,27H2/t19-,20-,21+,22-,23-/m0/s1. The van der Waals surface area contributed by atoms with Gasteiger partial charge in [-0.3, -0.25) is 19.5 Å². The first-order valence-electron chi connectivity index (χ1n) is 13.2. The van der Waals surface area contributed by atoms with Crippen molar-refractivity contribution in [2.75, 3.05) is 32.8 Å². The van der Waals surface area contributed by atoms with Crippen LogP contribution in [0.5, 0.6) is 0 Å². The van der Waals surface area contributed by atoms with Crippen LogP contribution in [0.2, 0.25) is 0 Å². The molecule has 5 aliphatic rings. The molecule has 5 fully saturated rings. The third-order valence-corrected chi connectivity index (χ3v) is 9.13. The van der Waals surface area contributed by atoms with Gasteiger partial charge in [0.15, 0.2) is 0 Å². The molecule has 1 aliphatic carbocycles. The molecule has 2 amide bonds. The highest BCUT2D eigenvalue weighted by molar-refractivity contribution is 5.91. The van der Waals surface area contributed by atoms with Crippen LogP contribution < -0.4 is 5.73 Å². The van der Waals surface area contributed by atoms with Crippen molar-refractivity contribution in [2.24, 2.45) is 5.73 Å². The normalized spacial score (nSPS) is 35.8. The van der Waals surface area contributed by atoms with Gasteiger partial charge in [0.1, 0.15) is 6.04 Å². The lowest BCUT2D eigenvalue weighted by atomic mass is 9.93. The molecule has 5 heterocycles. The van der Waals surface area contributed by atoms with Gasteiger partial charge in [0.25, 0.3) is 0 Å². The summed E-state index contributed by atoms with van der Waals surface area (Å²) < 4.78 is 5.56. The van der Waals surface area contributed by atoms with Gasteiger partial charge < -0.3 is 20.3 Å². The molecule has 1 saturated carbocycles. The van der Waals surface area contributed by atoms with Gasteiger partial charge in [-0.15, -0.1) is 0 Å². The number of aromatic nitrogens is 1. The van der Waals surface area contributed by atoms with Gasteiger partial charge in [-0.2, -0.15) is 0 Å². The lowest BCUT2D eigenvalue weighted by molar-refractivity contribution is -0.148. The Morgan fingerprint density at radius 3 is 2.65 bits per heavy atom. The SMILES string of the molecule is N[C@H]1CC[C@H](N2CCOCC2)C[C@H]2CC[C@@H](C(=O)N3C[C@@H](c4cccnc4)CC34CC4)N2C1=O. The molecule has 1 aromatic heterocycles. The average molecular weight is 468 g/mol. The molecule has 5 atom stereocenters. The van der Waals surface area contributed by atoms with Crippen LogP contribution in [0.25, 0.3) is 0 Å². The van der Waals surface area contributed by atoms with Gasteiger partial charge in [-0.25, -0.2) is 0 Å². The molecule has 184 valence electrons. The molecule has 34 heavy (non-hydrogen) atoms. The molecule has 0 aromatic carbocycles. The number of carbonyl (C=O) groups is 2. The minimum Gasteiger partial charge on any atom is -0.379 e. The van der Waals surface area contributed by atoms with Crippen LogP contribution in [0.3, 0.4) is 0 Å². The summed E-state index contributed by atoms with van der Waals surface area (Å²) in [6.45, 7) is 4.15. The number of likely N-dealkylation sites (tertiary alicyclic amines) is 1. The highest BCUT2D eigenvalue weighted by Gasteiger charge is 2.58. The molecule has 2 N–H and O–H groups in total. The van der Waals surface area contributed by atoms with Crippen LogP contribution in [0, 0.1) is 0 Å². The van der Waals surface area contributed by atoms with E-state index in [0.29, 0.717) is 18.4 Å². The molecular weight excluding hydrogens is 430 g/mol. The van der Waals surface area contributed by atoms with Crippen molar-refractivity contribution < 1.29 is 14.3 Å². The van der Waals surface area contributed by atoms with Crippen LogP contribution in [0.1, 0.15) is 62.8 Å². The molecule has 8 nitrogen and oxygen atoms in total. The van der Waals surface area contributed by atoms with E-state index in [2.05, 4.69) is 20.9 Å². The second-order valence-corrected chi connectivity index (χ2v) is 11.1. The number of pyridine rings is 1. The number of hydrogen-bond donors (Lipinski definition) is 1. The second-order valence-electron chi connectivity index (χ2n) is 11.1. The first-order valence-corrected chi connectivity index (χ1v) is 13.2. The van der Waals surface area contributed by atoms with E-state index in [9.17, 15) is 9.59 Å². The summed E-state index contributed by atoms with van der Waals surface area (Å²) in [4.78, 5) is 38.3. The topological polar surface area (TPSA) is 92.0 Å². The minimum absolute atomic E-state index is 0.0140. The van der Waals surface area contributed by atoms with E-state index in [1.165, 1.54) is 5.56 Å². The Kier molecular flexibility index (Phi) is 5.86. The predicted octanol–water partition coefficient (Wildman–Crippen LogP) is 1.50. The fourth-order valence-corrected chi connectivity index (χ4v) is 7.09. The summed E-state index contributed by atoms with van der Waals surface area (Å²) in [6, 6.07) is 3.73. The smallest absolute Gasteiger partial charge is 0.245 e. The first kappa shape index (κ1) is 22.4. The number of morpholine rings is 1. The van der Waals surface area contributed by atoms with E-state index in [0.717, 1.165) is 77.8 Å². The number of carbonyl (C=O) groups excluding carboxylic acids is 2. The number of hydrogen-bond acceptors (Lipinski definition) is 6. The molecule has 0 radical (unpaired) electrons. The van der Waals surface area contributed by atoms with E-state index in [4.69, 9.17) is 10.5 Å². The van der Waals surface area contributed by atoms with Crippen LogP contribution >= 0.6 is 0 Å². The monoisotopic (exact) mass is 467 g/mol. The Morgan fingerprint density at radius 2 is 1.91 bits per heavy atom. The lowest BCUT2D eigenvalue weighted by Crippen LogP contribution is -2.58. The molecule has 6 rings (SSSR count). The van der Waals surface area contributed by atoms with Gasteiger partial charge in [0.2, 0.25) is 11.8 Å². The summed E-state index contributed by atoms with van der Waals surface area (Å²) in [7, 11) is 0. The quantitative estimate of drug-likeness (QED) is 0.725. The number of amides is 2. The third kappa shape index (κ3) is 3.93. The van der Waals surface area contributed by atoms with E-state index in [1.54, 1.807) is 6.20 Å². The summed E-state index contributed by atoms with van der Waals surface area (Å²) in [5.41, 5.74) is 7.61. The molecule has 0 unspecified atom stereocenters. The highest BCUT2D eigenvalue weighted by atomic mass is 16.5. The fraction of sp³-hybridized carbons (Fsp3) is 0.731. The summed E-state index contributed by atoms with van der Waals surface area (Å²) >= 11 is 0. The van der Waals surface area contributed by atoms with E-state index in [1.807, 2.05) is 17.2 Å². The van der Waals surface area contributed by atoms with E-state index < -0.39 is 6.04 Å². The average Bonchev–Trinajstić information content (AvgIpc) is 3.36. The molecule has 1 aromatic rings. The fourth-order valence-electron chi connectivity index (χ4n) is 7.09. The van der Waals surface area contributed by atoms with Gasteiger partial charge >= 0.3 is 0 Å². The summed E-state index contributed by atoms with van der Waals surface area (Å²) in [6.07, 6.45) is 11.1.